The summed E-state index contributed by atoms with van der Waals surface area (Å²) in [5.74, 6) is 0.999. The monoisotopic (exact) mass is 273 g/mol. The molecule has 5 nitrogen and oxygen atoms in total. The Morgan fingerprint density at radius 2 is 2.21 bits per heavy atom. The third-order valence-electron chi connectivity index (χ3n) is 2.86. The number of nitrogens with zero attached hydrogens (tertiary/aromatic N) is 3. The third kappa shape index (κ3) is 2.08. The van der Waals surface area contributed by atoms with Gasteiger partial charge in [-0.1, -0.05) is 23.7 Å². The molecule has 3 rings (SSSR count). The van der Waals surface area contributed by atoms with Gasteiger partial charge in [-0.05, 0) is 18.6 Å². The van der Waals surface area contributed by atoms with Crippen LogP contribution in [0.5, 0.6) is 0 Å². The highest BCUT2D eigenvalue weighted by atomic mass is 35.5. The minimum Gasteiger partial charge on any atom is -0.382 e. The molecule has 0 aliphatic carbocycles. The van der Waals surface area contributed by atoms with Crippen LogP contribution >= 0.6 is 11.6 Å². The molecule has 0 fully saturated rings. The predicted molar refractivity (Wildman–Crippen MR) is 76.9 cm³/mol. The van der Waals surface area contributed by atoms with E-state index in [0.29, 0.717) is 22.3 Å². The fourth-order valence-electron chi connectivity index (χ4n) is 1.94. The summed E-state index contributed by atoms with van der Waals surface area (Å²) in [7, 11) is 0. The molecule has 0 amide bonds. The molecule has 0 aliphatic heterocycles. The first-order chi connectivity index (χ1) is 9.15. The number of benzene rings is 1. The lowest BCUT2D eigenvalue weighted by Gasteiger charge is -2.11. The van der Waals surface area contributed by atoms with Gasteiger partial charge in [-0.15, -0.1) is 0 Å². The van der Waals surface area contributed by atoms with Crippen LogP contribution in [0.2, 0.25) is 5.02 Å². The quantitative estimate of drug-likeness (QED) is 0.753. The van der Waals surface area contributed by atoms with Gasteiger partial charge in [-0.3, -0.25) is 0 Å². The molecule has 2 aromatic heterocycles. The van der Waals surface area contributed by atoms with Crippen LogP contribution < -0.4 is 11.1 Å². The van der Waals surface area contributed by atoms with Crippen molar-refractivity contribution in [2.24, 2.45) is 0 Å². The Morgan fingerprint density at radius 3 is 3.00 bits per heavy atom. The summed E-state index contributed by atoms with van der Waals surface area (Å²) in [6.07, 6.45) is 5.23. The highest BCUT2D eigenvalue weighted by Gasteiger charge is 2.10. The van der Waals surface area contributed by atoms with Crippen molar-refractivity contribution < 1.29 is 0 Å². The summed E-state index contributed by atoms with van der Waals surface area (Å²) < 4.78 is 1.82. The SMILES string of the molecule is Cc1cccc(Cl)c1Nc1nc(N)cn2ccnc12. The van der Waals surface area contributed by atoms with Crippen molar-refractivity contribution >= 4 is 34.6 Å². The van der Waals surface area contributed by atoms with E-state index in [1.807, 2.05) is 35.7 Å². The zero-order valence-electron chi connectivity index (χ0n) is 10.3. The van der Waals surface area contributed by atoms with Crippen molar-refractivity contribution in [1.82, 2.24) is 14.4 Å². The minimum atomic E-state index is 0.415. The number of hydrogen-bond acceptors (Lipinski definition) is 4. The van der Waals surface area contributed by atoms with E-state index in [1.165, 1.54) is 0 Å². The number of para-hydroxylation sites is 1. The standard InChI is InChI=1S/C13H12ClN5/c1-8-3-2-4-9(14)11(8)18-12-13-16-5-6-19(13)7-10(15)17-12/h2-7H,15H2,1H3,(H,17,18). The first kappa shape index (κ1) is 11.8. The van der Waals surface area contributed by atoms with Crippen molar-refractivity contribution in [3.63, 3.8) is 0 Å². The van der Waals surface area contributed by atoms with Crippen LogP contribution in [0.15, 0.2) is 36.8 Å². The zero-order chi connectivity index (χ0) is 13.4. The van der Waals surface area contributed by atoms with E-state index in [4.69, 9.17) is 17.3 Å². The van der Waals surface area contributed by atoms with Gasteiger partial charge >= 0.3 is 0 Å². The Labute approximate surface area is 115 Å². The number of halogens is 1. The van der Waals surface area contributed by atoms with Crippen molar-refractivity contribution in [1.29, 1.82) is 0 Å². The molecule has 0 unspecified atom stereocenters. The van der Waals surface area contributed by atoms with Gasteiger partial charge in [-0.25, -0.2) is 9.97 Å². The number of rotatable bonds is 2. The number of aromatic nitrogens is 3. The molecular weight excluding hydrogens is 262 g/mol. The van der Waals surface area contributed by atoms with Crippen molar-refractivity contribution in [3.05, 3.63) is 47.4 Å². The molecule has 1 aromatic carbocycles. The average molecular weight is 274 g/mol. The molecule has 3 N–H and O–H groups in total. The van der Waals surface area contributed by atoms with E-state index in [1.54, 1.807) is 12.4 Å². The van der Waals surface area contributed by atoms with Gasteiger partial charge in [0.1, 0.15) is 5.82 Å². The van der Waals surface area contributed by atoms with E-state index >= 15 is 0 Å². The van der Waals surface area contributed by atoms with Crippen LogP contribution in [0.3, 0.4) is 0 Å². The second-order valence-electron chi connectivity index (χ2n) is 4.23. The first-order valence-corrected chi connectivity index (χ1v) is 6.14. The Bertz CT molecular complexity index is 730. The Kier molecular flexibility index (Phi) is 2.76. The summed E-state index contributed by atoms with van der Waals surface area (Å²) in [4.78, 5) is 8.53. The van der Waals surface area contributed by atoms with E-state index in [2.05, 4.69) is 15.3 Å². The molecule has 0 saturated carbocycles. The lowest BCUT2D eigenvalue weighted by molar-refractivity contribution is 1.13. The topological polar surface area (TPSA) is 68.2 Å². The molecule has 0 saturated heterocycles. The number of nitrogens with one attached hydrogen (secondary N) is 1. The molecule has 96 valence electrons. The normalized spacial score (nSPS) is 10.8. The van der Waals surface area contributed by atoms with Gasteiger partial charge in [0.25, 0.3) is 0 Å². The van der Waals surface area contributed by atoms with Crippen molar-refractivity contribution in [2.45, 2.75) is 6.92 Å². The Morgan fingerprint density at radius 1 is 1.37 bits per heavy atom. The molecule has 0 radical (unpaired) electrons. The highest BCUT2D eigenvalue weighted by Crippen LogP contribution is 2.29. The van der Waals surface area contributed by atoms with Crippen molar-refractivity contribution in [3.8, 4) is 0 Å². The van der Waals surface area contributed by atoms with E-state index in [0.717, 1.165) is 11.3 Å². The van der Waals surface area contributed by atoms with Gasteiger partial charge in [-0.2, -0.15) is 0 Å². The van der Waals surface area contributed by atoms with Crippen LogP contribution in [0.25, 0.3) is 5.65 Å². The lowest BCUT2D eigenvalue weighted by Crippen LogP contribution is -2.03. The van der Waals surface area contributed by atoms with Crippen molar-refractivity contribution in [2.75, 3.05) is 11.1 Å². The summed E-state index contributed by atoms with van der Waals surface area (Å²) >= 11 is 6.20. The van der Waals surface area contributed by atoms with Gasteiger partial charge < -0.3 is 15.5 Å². The zero-order valence-corrected chi connectivity index (χ0v) is 11.0. The maximum Gasteiger partial charge on any atom is 0.180 e. The van der Waals surface area contributed by atoms with Crippen LogP contribution in [-0.2, 0) is 0 Å². The Balaban J connectivity index is 2.13. The maximum atomic E-state index is 6.20. The highest BCUT2D eigenvalue weighted by molar-refractivity contribution is 6.33. The molecule has 2 heterocycles. The minimum absolute atomic E-state index is 0.415. The van der Waals surface area contributed by atoms with Crippen LogP contribution in [0.1, 0.15) is 5.56 Å². The number of nitrogens with two attached hydrogens (primary N) is 1. The predicted octanol–water partition coefficient (Wildman–Crippen LogP) is 3.02. The number of nitrogen functional groups attached to an aromatic ring is 1. The van der Waals surface area contributed by atoms with Crippen LogP contribution in [0, 0.1) is 6.92 Å². The summed E-state index contributed by atoms with van der Waals surface area (Å²) in [6.45, 7) is 1.98. The number of hydrogen-bond donors (Lipinski definition) is 2. The molecule has 6 heteroatoms. The molecular formula is C13H12ClN5. The van der Waals surface area contributed by atoms with E-state index in [-0.39, 0.29) is 0 Å². The third-order valence-corrected chi connectivity index (χ3v) is 3.17. The lowest BCUT2D eigenvalue weighted by atomic mass is 10.2. The van der Waals surface area contributed by atoms with E-state index < -0.39 is 0 Å². The maximum absolute atomic E-state index is 6.20. The number of imidazole rings is 1. The molecule has 3 aromatic rings. The molecule has 0 spiro atoms. The number of aryl methyl sites for hydroxylation is 1. The van der Waals surface area contributed by atoms with Gasteiger partial charge in [0, 0.05) is 12.4 Å². The Hall–Kier alpha value is -2.27. The summed E-state index contributed by atoms with van der Waals surface area (Å²) in [5, 5.41) is 3.84. The average Bonchev–Trinajstić information content (AvgIpc) is 2.81. The summed E-state index contributed by atoms with van der Waals surface area (Å²) in [6, 6.07) is 5.70. The second kappa shape index (κ2) is 4.44. The van der Waals surface area contributed by atoms with Gasteiger partial charge in [0.15, 0.2) is 11.5 Å². The van der Waals surface area contributed by atoms with Crippen LogP contribution in [-0.4, -0.2) is 14.4 Å². The smallest absolute Gasteiger partial charge is 0.180 e. The molecule has 0 atom stereocenters. The van der Waals surface area contributed by atoms with Crippen LogP contribution in [0.4, 0.5) is 17.3 Å². The van der Waals surface area contributed by atoms with E-state index in [9.17, 15) is 0 Å². The molecule has 0 bridgehead atoms. The fourth-order valence-corrected chi connectivity index (χ4v) is 2.21. The molecule has 19 heavy (non-hydrogen) atoms. The summed E-state index contributed by atoms with van der Waals surface area (Å²) in [5.41, 5.74) is 8.32. The molecule has 0 aliphatic rings. The second-order valence-corrected chi connectivity index (χ2v) is 4.64. The fraction of sp³-hybridized carbons (Fsp3) is 0.0769. The largest absolute Gasteiger partial charge is 0.382 e. The number of anilines is 3. The van der Waals surface area contributed by atoms with Gasteiger partial charge in [0.2, 0.25) is 0 Å². The number of fused-ring (bicyclic) bond motifs is 1. The van der Waals surface area contributed by atoms with Gasteiger partial charge in [0.05, 0.1) is 16.9 Å². The first-order valence-electron chi connectivity index (χ1n) is 5.76.